The highest BCUT2D eigenvalue weighted by Crippen LogP contribution is 2.46. The number of aryl methyl sites for hydroxylation is 1. The number of amides is 1. The number of benzene rings is 1. The second-order valence-corrected chi connectivity index (χ2v) is 9.00. The van der Waals surface area contributed by atoms with E-state index in [2.05, 4.69) is 16.0 Å². The molecule has 1 N–H and O–H groups in total. The third-order valence-corrected chi connectivity index (χ3v) is 7.01. The van der Waals surface area contributed by atoms with Gasteiger partial charge >= 0.3 is 0 Å². The summed E-state index contributed by atoms with van der Waals surface area (Å²) in [6, 6.07) is 12.2. The van der Waals surface area contributed by atoms with Gasteiger partial charge in [-0.3, -0.25) is 9.78 Å². The predicted molar refractivity (Wildman–Crippen MR) is 120 cm³/mol. The first-order valence-corrected chi connectivity index (χ1v) is 11.3. The van der Waals surface area contributed by atoms with E-state index in [1.165, 1.54) is 0 Å². The minimum absolute atomic E-state index is 0.0927. The molecule has 3 aliphatic rings. The molecule has 1 spiro atoms. The molecular weight excluding hydrogens is 404 g/mol. The van der Waals surface area contributed by atoms with Gasteiger partial charge in [-0.25, -0.2) is 4.98 Å². The normalized spacial score (nSPS) is 21.8. The van der Waals surface area contributed by atoms with Gasteiger partial charge in [0, 0.05) is 36.2 Å². The Kier molecular flexibility index (Phi) is 4.45. The van der Waals surface area contributed by atoms with Gasteiger partial charge < -0.3 is 19.4 Å². The van der Waals surface area contributed by atoms with Gasteiger partial charge in [0.25, 0.3) is 0 Å². The molecule has 164 valence electrons. The average molecular weight is 431 g/mol. The summed E-state index contributed by atoms with van der Waals surface area (Å²) in [4.78, 5) is 22.2. The molecule has 1 aromatic carbocycles. The van der Waals surface area contributed by atoms with Gasteiger partial charge in [0.1, 0.15) is 11.5 Å². The van der Waals surface area contributed by atoms with E-state index in [1.807, 2.05) is 37.3 Å². The van der Waals surface area contributed by atoms with Gasteiger partial charge in [-0.1, -0.05) is 6.07 Å². The monoisotopic (exact) mass is 430 g/mol. The molecule has 0 aliphatic carbocycles. The van der Waals surface area contributed by atoms with E-state index in [9.17, 15) is 4.79 Å². The van der Waals surface area contributed by atoms with Crippen molar-refractivity contribution in [2.75, 3.05) is 13.3 Å². The van der Waals surface area contributed by atoms with Gasteiger partial charge in [0.15, 0.2) is 11.5 Å². The molecule has 3 aliphatic heterocycles. The summed E-state index contributed by atoms with van der Waals surface area (Å²) in [5.74, 6) is 2.76. The molecule has 7 heteroatoms. The second kappa shape index (κ2) is 7.36. The number of pyridine rings is 1. The highest BCUT2D eigenvalue weighted by molar-refractivity contribution is 5.80. The Labute approximate surface area is 186 Å². The maximum absolute atomic E-state index is 12.1. The number of hydrogen-bond donors (Lipinski definition) is 1. The molecule has 0 radical (unpaired) electrons. The van der Waals surface area contributed by atoms with Crippen LogP contribution < -0.4 is 14.8 Å². The zero-order chi connectivity index (χ0) is 21.7. The molecule has 1 atom stereocenters. The van der Waals surface area contributed by atoms with Crippen LogP contribution in [0.2, 0.25) is 0 Å². The first-order valence-electron chi connectivity index (χ1n) is 11.3. The van der Waals surface area contributed by atoms with E-state index < -0.39 is 0 Å². The third-order valence-electron chi connectivity index (χ3n) is 7.01. The topological polar surface area (TPSA) is 78.3 Å². The Hall–Kier alpha value is -3.35. The summed E-state index contributed by atoms with van der Waals surface area (Å²) in [6.45, 7) is 3.85. The largest absolute Gasteiger partial charge is 0.454 e. The molecule has 0 bridgehead atoms. The molecule has 1 fully saturated rings. The van der Waals surface area contributed by atoms with Crippen molar-refractivity contribution >= 4 is 5.91 Å². The maximum Gasteiger partial charge on any atom is 0.231 e. The van der Waals surface area contributed by atoms with E-state index in [-0.39, 0.29) is 18.1 Å². The van der Waals surface area contributed by atoms with Crippen molar-refractivity contribution in [3.8, 4) is 34.1 Å². The quantitative estimate of drug-likeness (QED) is 0.665. The Bertz CT molecular complexity index is 1220. The van der Waals surface area contributed by atoms with Crippen LogP contribution in [0.1, 0.15) is 43.6 Å². The smallest absolute Gasteiger partial charge is 0.231 e. The van der Waals surface area contributed by atoms with E-state index >= 15 is 0 Å². The number of carbonyl (C=O) groups is 1. The van der Waals surface area contributed by atoms with Crippen LogP contribution in [-0.2, 0) is 16.8 Å². The Balaban J connectivity index is 1.57. The molecule has 6 rings (SSSR count). The van der Waals surface area contributed by atoms with Crippen molar-refractivity contribution in [2.45, 2.75) is 51.0 Å². The lowest BCUT2D eigenvalue weighted by Crippen LogP contribution is -2.35. The van der Waals surface area contributed by atoms with Crippen LogP contribution in [0, 0.1) is 6.92 Å². The lowest BCUT2D eigenvalue weighted by molar-refractivity contribution is -0.120. The Morgan fingerprint density at radius 2 is 1.97 bits per heavy atom. The summed E-state index contributed by atoms with van der Waals surface area (Å²) in [5.41, 5.74) is 4.75. The lowest BCUT2D eigenvalue weighted by Gasteiger charge is -2.36. The van der Waals surface area contributed by atoms with Gasteiger partial charge in [0.05, 0.1) is 11.4 Å². The number of aromatic nitrogens is 3. The van der Waals surface area contributed by atoms with Gasteiger partial charge in [0.2, 0.25) is 12.7 Å². The molecule has 2 aromatic heterocycles. The average Bonchev–Trinajstić information content (AvgIpc) is 3.38. The number of rotatable bonds is 2. The fourth-order valence-electron chi connectivity index (χ4n) is 5.43. The van der Waals surface area contributed by atoms with Gasteiger partial charge in [-0.15, -0.1) is 0 Å². The maximum atomic E-state index is 12.1. The second-order valence-electron chi connectivity index (χ2n) is 9.00. The molecule has 1 saturated heterocycles. The van der Waals surface area contributed by atoms with E-state index in [0.717, 1.165) is 77.9 Å². The highest BCUT2D eigenvalue weighted by Gasteiger charge is 2.42. The first kappa shape index (κ1) is 19.3. The lowest BCUT2D eigenvalue weighted by atomic mass is 9.74. The van der Waals surface area contributed by atoms with Crippen molar-refractivity contribution in [1.29, 1.82) is 0 Å². The van der Waals surface area contributed by atoms with Crippen LogP contribution in [0.5, 0.6) is 11.5 Å². The molecule has 32 heavy (non-hydrogen) atoms. The summed E-state index contributed by atoms with van der Waals surface area (Å²) in [6.07, 6.45) is 4.41. The Morgan fingerprint density at radius 3 is 2.88 bits per heavy atom. The third kappa shape index (κ3) is 3.06. The number of carbonyl (C=O) groups excluding carboxylic acids is 1. The van der Waals surface area contributed by atoms with Crippen molar-refractivity contribution in [1.82, 2.24) is 19.9 Å². The molecular formula is C25H26N4O3. The summed E-state index contributed by atoms with van der Waals surface area (Å²) >= 11 is 0. The fraction of sp³-hybridized carbons (Fsp3) is 0.400. The van der Waals surface area contributed by atoms with Crippen LogP contribution in [0.25, 0.3) is 22.6 Å². The SMILES string of the molecule is Cc1cccc(-c2nc3n(c2-c2ccc4c(c2)OCO4)CCCC32CCNC(=O)CC2)n1. The molecule has 5 heterocycles. The van der Waals surface area contributed by atoms with Gasteiger partial charge in [-0.05, 0) is 62.9 Å². The zero-order valence-electron chi connectivity index (χ0n) is 18.2. The number of imidazole rings is 1. The number of nitrogens with one attached hydrogen (secondary N) is 1. The van der Waals surface area contributed by atoms with Crippen LogP contribution >= 0.6 is 0 Å². The van der Waals surface area contributed by atoms with Crippen molar-refractivity contribution in [3.05, 3.63) is 47.9 Å². The number of hydrogen-bond acceptors (Lipinski definition) is 5. The first-order chi connectivity index (χ1) is 15.6. The summed E-state index contributed by atoms with van der Waals surface area (Å²) < 4.78 is 13.6. The molecule has 1 amide bonds. The minimum atomic E-state index is -0.0927. The molecule has 7 nitrogen and oxygen atoms in total. The molecule has 0 saturated carbocycles. The van der Waals surface area contributed by atoms with Crippen LogP contribution in [-0.4, -0.2) is 33.8 Å². The van der Waals surface area contributed by atoms with E-state index in [4.69, 9.17) is 19.4 Å². The highest BCUT2D eigenvalue weighted by atomic mass is 16.7. The summed E-state index contributed by atoms with van der Waals surface area (Å²) in [7, 11) is 0. The summed E-state index contributed by atoms with van der Waals surface area (Å²) in [5, 5.41) is 3.05. The van der Waals surface area contributed by atoms with Crippen molar-refractivity contribution in [3.63, 3.8) is 0 Å². The van der Waals surface area contributed by atoms with Gasteiger partial charge in [-0.2, -0.15) is 0 Å². The predicted octanol–water partition coefficient (Wildman–Crippen LogP) is 3.98. The van der Waals surface area contributed by atoms with E-state index in [0.29, 0.717) is 13.0 Å². The van der Waals surface area contributed by atoms with E-state index in [1.54, 1.807) is 0 Å². The van der Waals surface area contributed by atoms with Crippen LogP contribution in [0.15, 0.2) is 36.4 Å². The number of fused-ring (bicyclic) bond motifs is 3. The van der Waals surface area contributed by atoms with Crippen molar-refractivity contribution in [2.24, 2.45) is 0 Å². The molecule has 3 aromatic rings. The minimum Gasteiger partial charge on any atom is -0.454 e. The number of ether oxygens (including phenoxy) is 2. The number of nitrogens with zero attached hydrogens (tertiary/aromatic N) is 3. The van der Waals surface area contributed by atoms with Crippen LogP contribution in [0.3, 0.4) is 0 Å². The fourth-order valence-corrected chi connectivity index (χ4v) is 5.43. The standard InChI is InChI=1S/C25H26N4O3/c1-16-4-2-5-18(27-16)22-23(17-6-7-19-20(14-17)32-15-31-19)29-13-3-9-25(24(29)28-22)10-8-21(30)26-12-11-25/h2,4-7,14H,3,8-13,15H2,1H3,(H,26,30). The Morgan fingerprint density at radius 1 is 1.06 bits per heavy atom. The zero-order valence-corrected chi connectivity index (χ0v) is 18.2. The van der Waals surface area contributed by atoms with Crippen LogP contribution in [0.4, 0.5) is 0 Å². The van der Waals surface area contributed by atoms with Crippen molar-refractivity contribution < 1.29 is 14.3 Å². The molecule has 1 unspecified atom stereocenters.